The summed E-state index contributed by atoms with van der Waals surface area (Å²) < 4.78 is 35.1. The molecule has 1 aromatic rings. The maximum atomic E-state index is 11.7. The van der Waals surface area contributed by atoms with Crippen LogP contribution >= 0.6 is 0 Å². The first-order valence-electron chi connectivity index (χ1n) is 9.39. The van der Waals surface area contributed by atoms with Gasteiger partial charge in [-0.15, -0.1) is 0 Å². The van der Waals surface area contributed by atoms with E-state index in [9.17, 15) is 23.2 Å². The Morgan fingerprint density at radius 1 is 1.14 bits per heavy atom. The molecule has 5 nitrogen and oxygen atoms in total. The summed E-state index contributed by atoms with van der Waals surface area (Å²) in [5, 5.41) is 20.7. The first-order valence-corrected chi connectivity index (χ1v) is 10.8. The van der Waals surface area contributed by atoms with Gasteiger partial charge in [-0.2, -0.15) is 0 Å². The number of hydrogen-bond donors (Lipinski definition) is 2. The maximum Gasteiger partial charge on any atom is 1.00 e. The third kappa shape index (κ3) is 8.70. The van der Waals surface area contributed by atoms with Crippen molar-refractivity contribution in [1.82, 2.24) is 0 Å². The summed E-state index contributed by atoms with van der Waals surface area (Å²) >= 11 is 0. The molecule has 1 aromatic carbocycles. The van der Waals surface area contributed by atoms with E-state index >= 15 is 0 Å². The van der Waals surface area contributed by atoms with E-state index in [1.807, 2.05) is 33.8 Å². The zero-order valence-electron chi connectivity index (χ0n) is 17.7. The van der Waals surface area contributed by atoms with E-state index in [4.69, 9.17) is 0 Å². The molecule has 0 aliphatic heterocycles. The van der Waals surface area contributed by atoms with Gasteiger partial charge in [0.2, 0.25) is 0 Å². The van der Waals surface area contributed by atoms with Gasteiger partial charge in [-0.1, -0.05) is 43.1 Å². The molecule has 0 unspecified atom stereocenters. The fourth-order valence-corrected chi connectivity index (χ4v) is 3.77. The average molecular weight is 419 g/mol. The number of benzene rings is 1. The fraction of sp³-hybridized carbons (Fsp3) is 0.524. The number of phenols is 2. The number of phenolic OH excluding ortho intramolecular Hbond substituents is 2. The second-order valence-corrected chi connectivity index (χ2v) is 8.51. The van der Waals surface area contributed by atoms with Gasteiger partial charge in [0.25, 0.3) is 0 Å². The average Bonchev–Trinajstić information content (AvgIpc) is 2.52. The van der Waals surface area contributed by atoms with Crippen LogP contribution in [0.3, 0.4) is 0 Å². The van der Waals surface area contributed by atoms with Crippen LogP contribution in [0.2, 0.25) is 0 Å². The predicted molar refractivity (Wildman–Crippen MR) is 107 cm³/mol. The van der Waals surface area contributed by atoms with Crippen molar-refractivity contribution in [3.8, 4) is 11.5 Å². The number of hydrogen-bond acceptors (Lipinski definition) is 5. The molecule has 0 radical (unpaired) electrons. The van der Waals surface area contributed by atoms with Crippen molar-refractivity contribution in [1.29, 1.82) is 0 Å². The van der Waals surface area contributed by atoms with Crippen molar-refractivity contribution >= 4 is 10.1 Å². The number of unbranched alkanes of at least 4 members (excludes halogenated alkanes) is 2. The number of aromatic hydroxyl groups is 2. The molecular weight excluding hydrogens is 387 g/mol. The van der Waals surface area contributed by atoms with Gasteiger partial charge in [-0.25, -0.2) is 8.42 Å². The van der Waals surface area contributed by atoms with Crippen LogP contribution in [0.15, 0.2) is 34.3 Å². The Kier molecular flexibility index (Phi) is 12.3. The van der Waals surface area contributed by atoms with Gasteiger partial charge in [-0.3, -0.25) is 0 Å². The molecule has 1 rings (SSSR count). The van der Waals surface area contributed by atoms with Crippen molar-refractivity contribution in [3.05, 3.63) is 40.5 Å². The zero-order chi connectivity index (χ0) is 20.6. The minimum atomic E-state index is -4.84. The van der Waals surface area contributed by atoms with E-state index < -0.39 is 20.8 Å². The second-order valence-electron chi connectivity index (χ2n) is 7.20. The van der Waals surface area contributed by atoms with Crippen LogP contribution in [-0.2, 0) is 23.0 Å². The van der Waals surface area contributed by atoms with Gasteiger partial charge in [0, 0.05) is 5.56 Å². The quantitative estimate of drug-likeness (QED) is 0.262. The molecule has 0 saturated carbocycles. The summed E-state index contributed by atoms with van der Waals surface area (Å²) in [5.74, 6) is -0.801. The van der Waals surface area contributed by atoms with Crippen LogP contribution in [0.4, 0.5) is 0 Å². The van der Waals surface area contributed by atoms with Crippen LogP contribution < -0.4 is 29.6 Å². The van der Waals surface area contributed by atoms with Gasteiger partial charge in [0.05, 0.1) is 4.90 Å². The molecule has 28 heavy (non-hydrogen) atoms. The number of rotatable bonds is 10. The van der Waals surface area contributed by atoms with Crippen molar-refractivity contribution in [2.45, 2.75) is 77.5 Å². The molecule has 0 fully saturated rings. The van der Waals surface area contributed by atoms with E-state index in [0.717, 1.165) is 31.3 Å². The smallest absolute Gasteiger partial charge is 0.744 e. The van der Waals surface area contributed by atoms with Crippen molar-refractivity contribution in [2.24, 2.45) is 0 Å². The van der Waals surface area contributed by atoms with Crippen molar-refractivity contribution in [3.63, 3.8) is 0 Å². The molecule has 0 bridgehead atoms. The number of allylic oxidation sites excluding steroid dienone is 4. The maximum absolute atomic E-state index is 11.7. The Morgan fingerprint density at radius 2 is 1.79 bits per heavy atom. The van der Waals surface area contributed by atoms with Crippen LogP contribution in [-0.4, -0.2) is 23.2 Å². The topological polar surface area (TPSA) is 97.7 Å². The van der Waals surface area contributed by atoms with Gasteiger partial charge < -0.3 is 14.8 Å². The van der Waals surface area contributed by atoms with Crippen LogP contribution in [0.5, 0.6) is 11.5 Å². The molecule has 0 spiro atoms. The molecule has 0 heterocycles. The third-order valence-corrected chi connectivity index (χ3v) is 5.41. The number of aryl methyl sites for hydroxylation is 1. The SMILES string of the molecule is CCCCCc1cc(O)c(CC=C(C)CCC=C(C)C)c(O)c1S(=O)(=O)[O-].[Na+]. The Morgan fingerprint density at radius 3 is 2.32 bits per heavy atom. The summed E-state index contributed by atoms with van der Waals surface area (Å²) in [6, 6.07) is 1.31. The summed E-state index contributed by atoms with van der Waals surface area (Å²) in [6.07, 6.45) is 8.65. The molecule has 0 aliphatic carbocycles. The second kappa shape index (κ2) is 12.7. The van der Waals surface area contributed by atoms with Gasteiger partial charge in [-0.05, 0) is 64.5 Å². The van der Waals surface area contributed by atoms with Crippen LogP contribution in [0.1, 0.15) is 70.9 Å². The Labute approximate surface area is 191 Å². The van der Waals surface area contributed by atoms with Gasteiger partial charge >= 0.3 is 29.6 Å². The molecule has 0 aromatic heterocycles. The van der Waals surface area contributed by atoms with Gasteiger partial charge in [0.15, 0.2) is 0 Å². The molecular formula is C21H31NaO5S. The Balaban J connectivity index is 0.00000729. The van der Waals surface area contributed by atoms with E-state index in [-0.39, 0.29) is 52.9 Å². The van der Waals surface area contributed by atoms with E-state index in [1.54, 1.807) is 0 Å². The first-order chi connectivity index (χ1) is 12.6. The van der Waals surface area contributed by atoms with Gasteiger partial charge in [0.1, 0.15) is 21.6 Å². The van der Waals surface area contributed by atoms with E-state index in [2.05, 4.69) is 6.08 Å². The predicted octanol–water partition coefficient (Wildman–Crippen LogP) is 1.97. The zero-order valence-corrected chi connectivity index (χ0v) is 20.5. The van der Waals surface area contributed by atoms with Crippen LogP contribution in [0, 0.1) is 0 Å². The fourth-order valence-electron chi connectivity index (χ4n) is 2.93. The molecule has 0 aliphatic rings. The Hall–Kier alpha value is -0.790. The summed E-state index contributed by atoms with van der Waals surface area (Å²) in [5.41, 5.74) is 2.55. The third-order valence-electron chi connectivity index (χ3n) is 4.46. The minimum Gasteiger partial charge on any atom is -0.744 e. The minimum absolute atomic E-state index is 0. The summed E-state index contributed by atoms with van der Waals surface area (Å²) in [6.45, 7) is 8.01. The monoisotopic (exact) mass is 418 g/mol. The van der Waals surface area contributed by atoms with E-state index in [0.29, 0.717) is 12.8 Å². The Bertz CT molecular complexity index is 807. The normalized spacial score (nSPS) is 11.8. The van der Waals surface area contributed by atoms with Crippen molar-refractivity contribution < 1.29 is 52.7 Å². The summed E-state index contributed by atoms with van der Waals surface area (Å²) in [4.78, 5) is -0.595. The molecule has 0 atom stereocenters. The molecule has 0 amide bonds. The molecule has 2 N–H and O–H groups in total. The molecule has 152 valence electrons. The van der Waals surface area contributed by atoms with E-state index in [1.165, 1.54) is 11.6 Å². The van der Waals surface area contributed by atoms with Crippen LogP contribution in [0.25, 0.3) is 0 Å². The van der Waals surface area contributed by atoms with Crippen molar-refractivity contribution in [2.75, 3.05) is 0 Å². The summed E-state index contributed by atoms with van der Waals surface area (Å²) in [7, 11) is -4.84. The molecule has 7 heteroatoms. The first kappa shape index (κ1) is 27.2. The molecule has 0 saturated heterocycles. The largest absolute Gasteiger partial charge is 1.00 e. The standard InChI is InChI=1S/C21H32O5S.Na/c1-5-6-7-11-17-14-19(22)18(20(23)21(17)27(24,25)26)13-12-16(4)10-8-9-15(2)3;/h9,12,14,22-23H,5-8,10-11,13H2,1-4H3,(H,24,25,26);/q;+1/p-1.